The van der Waals surface area contributed by atoms with Crippen molar-refractivity contribution >= 4 is 16.8 Å². The highest BCUT2D eigenvalue weighted by Crippen LogP contribution is 2.40. The first-order valence-electron chi connectivity index (χ1n) is 6.53. The monoisotopic (exact) mass is 286 g/mol. The highest BCUT2D eigenvalue weighted by atomic mass is 32.2. The third kappa shape index (κ3) is 2.27. The molecule has 0 saturated heterocycles. The lowest BCUT2D eigenvalue weighted by Gasteiger charge is -2.04. The van der Waals surface area contributed by atoms with E-state index in [1.807, 2.05) is 42.5 Å². The molecule has 1 atom stereocenters. The number of carbonyl (C=O) groups is 1. The summed E-state index contributed by atoms with van der Waals surface area (Å²) < 4.78 is 12.3. The molecule has 1 unspecified atom stereocenters. The van der Waals surface area contributed by atoms with E-state index < -0.39 is 16.8 Å². The summed E-state index contributed by atoms with van der Waals surface area (Å²) in [7, 11) is -1.09. The number of aliphatic carboxylic acids is 1. The standard InChI is InChI=1S/C16H14O3S/c17-16(18)7-3-4-11-8-9-15-13(10-11)12-5-1-2-6-14(12)20(15)19/h1-2,5-6,8-10H,3-4,7H2,(H,17,18). The maximum Gasteiger partial charge on any atom is 0.303 e. The summed E-state index contributed by atoms with van der Waals surface area (Å²) in [5.41, 5.74) is 3.14. The second-order valence-corrected chi connectivity index (χ2v) is 6.26. The lowest BCUT2D eigenvalue weighted by atomic mass is 10.0. The summed E-state index contributed by atoms with van der Waals surface area (Å²) in [5, 5.41) is 8.67. The average molecular weight is 286 g/mol. The molecule has 0 aromatic heterocycles. The van der Waals surface area contributed by atoms with Gasteiger partial charge >= 0.3 is 5.97 Å². The summed E-state index contributed by atoms with van der Waals surface area (Å²) in [5.74, 6) is -0.766. The first-order chi connectivity index (χ1) is 9.66. The fourth-order valence-corrected chi connectivity index (χ4v) is 3.89. The maximum atomic E-state index is 12.3. The molecule has 0 radical (unpaired) electrons. The fraction of sp³-hybridized carbons (Fsp3) is 0.188. The van der Waals surface area contributed by atoms with E-state index in [9.17, 15) is 9.00 Å². The zero-order chi connectivity index (χ0) is 14.1. The van der Waals surface area contributed by atoms with Crippen LogP contribution in [0.1, 0.15) is 18.4 Å². The van der Waals surface area contributed by atoms with Gasteiger partial charge in [0.15, 0.2) is 0 Å². The number of benzene rings is 2. The summed E-state index contributed by atoms with van der Waals surface area (Å²) in [6.07, 6.45) is 1.53. The molecule has 0 bridgehead atoms. The molecule has 4 heteroatoms. The third-order valence-corrected chi connectivity index (χ3v) is 4.99. The van der Waals surface area contributed by atoms with Crippen molar-refractivity contribution in [2.24, 2.45) is 0 Å². The number of rotatable bonds is 4. The van der Waals surface area contributed by atoms with E-state index in [-0.39, 0.29) is 6.42 Å². The van der Waals surface area contributed by atoms with Crippen LogP contribution in [-0.4, -0.2) is 15.3 Å². The van der Waals surface area contributed by atoms with Crippen LogP contribution in [-0.2, 0) is 22.0 Å². The van der Waals surface area contributed by atoms with Crippen molar-refractivity contribution in [3.63, 3.8) is 0 Å². The largest absolute Gasteiger partial charge is 0.481 e. The molecule has 0 fully saturated rings. The van der Waals surface area contributed by atoms with Crippen LogP contribution in [0.5, 0.6) is 0 Å². The van der Waals surface area contributed by atoms with Crippen LogP contribution < -0.4 is 0 Å². The topological polar surface area (TPSA) is 54.4 Å². The number of fused-ring (bicyclic) bond motifs is 3. The summed E-state index contributed by atoms with van der Waals surface area (Å²) in [6, 6.07) is 13.6. The van der Waals surface area contributed by atoms with Crippen molar-refractivity contribution < 1.29 is 14.1 Å². The molecule has 0 amide bonds. The molecule has 2 aromatic carbocycles. The van der Waals surface area contributed by atoms with Gasteiger partial charge < -0.3 is 5.11 Å². The summed E-state index contributed by atoms with van der Waals surface area (Å²) in [4.78, 5) is 12.3. The minimum Gasteiger partial charge on any atom is -0.481 e. The van der Waals surface area contributed by atoms with Gasteiger partial charge in [0.25, 0.3) is 0 Å². The predicted molar refractivity (Wildman–Crippen MR) is 77.1 cm³/mol. The quantitative estimate of drug-likeness (QED) is 0.801. The number of hydrogen-bond donors (Lipinski definition) is 1. The highest BCUT2D eigenvalue weighted by Gasteiger charge is 2.24. The van der Waals surface area contributed by atoms with Crippen LogP contribution in [0.2, 0.25) is 0 Å². The minimum absolute atomic E-state index is 0.180. The molecule has 20 heavy (non-hydrogen) atoms. The van der Waals surface area contributed by atoms with Crippen molar-refractivity contribution in [1.29, 1.82) is 0 Å². The van der Waals surface area contributed by atoms with E-state index in [4.69, 9.17) is 5.11 Å². The Morgan fingerprint density at radius 2 is 1.80 bits per heavy atom. The molecular formula is C16H14O3S. The number of carboxylic acids is 1. The molecule has 0 saturated carbocycles. The van der Waals surface area contributed by atoms with Gasteiger partial charge in [-0.3, -0.25) is 4.79 Å². The van der Waals surface area contributed by atoms with Gasteiger partial charge in [-0.05, 0) is 47.7 Å². The van der Waals surface area contributed by atoms with Gasteiger partial charge in [-0.15, -0.1) is 0 Å². The van der Waals surface area contributed by atoms with Crippen LogP contribution in [0.3, 0.4) is 0 Å². The Kier molecular flexibility index (Phi) is 3.40. The molecule has 0 spiro atoms. The number of aryl methyl sites for hydroxylation is 1. The van der Waals surface area contributed by atoms with Gasteiger partial charge in [0.2, 0.25) is 0 Å². The summed E-state index contributed by atoms with van der Waals surface area (Å²) in [6.45, 7) is 0. The van der Waals surface area contributed by atoms with Gasteiger partial charge in [-0.25, -0.2) is 4.21 Å². The smallest absolute Gasteiger partial charge is 0.303 e. The molecule has 2 aromatic rings. The van der Waals surface area contributed by atoms with E-state index >= 15 is 0 Å². The van der Waals surface area contributed by atoms with E-state index in [1.54, 1.807) is 0 Å². The van der Waals surface area contributed by atoms with Crippen molar-refractivity contribution in [2.75, 3.05) is 0 Å². The van der Waals surface area contributed by atoms with Gasteiger partial charge in [0.1, 0.15) is 0 Å². The van der Waals surface area contributed by atoms with Gasteiger partial charge in [-0.1, -0.05) is 24.3 Å². The van der Waals surface area contributed by atoms with E-state index in [2.05, 4.69) is 0 Å². The lowest BCUT2D eigenvalue weighted by molar-refractivity contribution is -0.137. The third-order valence-electron chi connectivity index (χ3n) is 3.48. The van der Waals surface area contributed by atoms with Gasteiger partial charge in [-0.2, -0.15) is 0 Å². The van der Waals surface area contributed by atoms with Crippen molar-refractivity contribution in [3.8, 4) is 11.1 Å². The second-order valence-electron chi connectivity index (χ2n) is 4.84. The average Bonchev–Trinajstić information content (AvgIpc) is 2.73. The van der Waals surface area contributed by atoms with Crippen LogP contribution in [0.25, 0.3) is 11.1 Å². The SMILES string of the molecule is O=C(O)CCCc1ccc2c(c1)-c1ccccc1S2=O. The maximum absolute atomic E-state index is 12.3. The Balaban J connectivity index is 1.91. The molecule has 3 rings (SSSR count). The van der Waals surface area contributed by atoms with E-state index in [0.29, 0.717) is 6.42 Å². The van der Waals surface area contributed by atoms with Crippen molar-refractivity contribution in [1.82, 2.24) is 0 Å². The van der Waals surface area contributed by atoms with Crippen LogP contribution >= 0.6 is 0 Å². The molecule has 1 aliphatic heterocycles. The molecule has 1 aliphatic rings. The zero-order valence-corrected chi connectivity index (χ0v) is 11.7. The van der Waals surface area contributed by atoms with Crippen molar-refractivity contribution in [2.45, 2.75) is 29.1 Å². The van der Waals surface area contributed by atoms with E-state index in [0.717, 1.165) is 32.9 Å². The Labute approximate surface area is 119 Å². The first-order valence-corrected chi connectivity index (χ1v) is 7.67. The molecule has 3 nitrogen and oxygen atoms in total. The lowest BCUT2D eigenvalue weighted by Crippen LogP contribution is -1.96. The number of hydrogen-bond acceptors (Lipinski definition) is 2. The molecular weight excluding hydrogens is 272 g/mol. The molecule has 102 valence electrons. The van der Waals surface area contributed by atoms with Crippen LogP contribution in [0.15, 0.2) is 52.3 Å². The molecule has 0 aliphatic carbocycles. The predicted octanol–water partition coefficient (Wildman–Crippen LogP) is 3.24. The molecule has 1 heterocycles. The Hall–Kier alpha value is -1.94. The first kappa shape index (κ1) is 13.1. The Bertz CT molecular complexity index is 707. The normalized spacial score (nSPS) is 15.7. The van der Waals surface area contributed by atoms with Gasteiger partial charge in [0.05, 0.1) is 20.6 Å². The second kappa shape index (κ2) is 5.21. The molecule has 1 N–H and O–H groups in total. The van der Waals surface area contributed by atoms with E-state index in [1.165, 1.54) is 0 Å². The Morgan fingerprint density at radius 1 is 1.05 bits per heavy atom. The van der Waals surface area contributed by atoms with Crippen LogP contribution in [0.4, 0.5) is 0 Å². The minimum atomic E-state index is -1.09. The fourth-order valence-electron chi connectivity index (χ4n) is 2.52. The summed E-state index contributed by atoms with van der Waals surface area (Å²) >= 11 is 0. The number of carboxylic acid groups (broad SMARTS) is 1. The van der Waals surface area contributed by atoms with Gasteiger partial charge in [0, 0.05) is 6.42 Å². The van der Waals surface area contributed by atoms with Crippen molar-refractivity contribution in [3.05, 3.63) is 48.0 Å². The zero-order valence-electron chi connectivity index (χ0n) is 10.8. The Morgan fingerprint density at radius 3 is 2.60 bits per heavy atom. The van der Waals surface area contributed by atoms with Crippen LogP contribution in [0, 0.1) is 0 Å². The highest BCUT2D eigenvalue weighted by molar-refractivity contribution is 7.85.